The largest absolute Gasteiger partial charge is 0.377 e. The van der Waals surface area contributed by atoms with Gasteiger partial charge < -0.3 is 15.4 Å². The Morgan fingerprint density at radius 3 is 2.78 bits per heavy atom. The predicted octanol–water partition coefficient (Wildman–Crippen LogP) is 4.32. The van der Waals surface area contributed by atoms with Gasteiger partial charge in [-0.05, 0) is 19.8 Å². The van der Waals surface area contributed by atoms with Crippen molar-refractivity contribution in [2.75, 3.05) is 13.2 Å². The number of nitrogens with zero attached hydrogens (tertiary/aromatic N) is 2. The molecule has 3 atom stereocenters. The Morgan fingerprint density at radius 1 is 1.41 bits per heavy atom. The molecule has 7 heteroatoms. The summed E-state index contributed by atoms with van der Waals surface area (Å²) in [4.78, 5) is 9.56. The van der Waals surface area contributed by atoms with Gasteiger partial charge in [0.25, 0.3) is 0 Å². The van der Waals surface area contributed by atoms with Crippen LogP contribution in [0, 0.1) is 11.3 Å². The minimum Gasteiger partial charge on any atom is -0.377 e. The number of rotatable bonds is 4. The van der Waals surface area contributed by atoms with Gasteiger partial charge in [-0.3, -0.25) is 0 Å². The molecular formula is C20H35IN4OS. The number of guanidine groups is 1. The summed E-state index contributed by atoms with van der Waals surface area (Å²) in [5.74, 6) is 1.48. The summed E-state index contributed by atoms with van der Waals surface area (Å²) in [5.41, 5.74) is 1.38. The van der Waals surface area contributed by atoms with Gasteiger partial charge in [0.2, 0.25) is 0 Å². The lowest BCUT2D eigenvalue weighted by atomic mass is 9.55. The summed E-state index contributed by atoms with van der Waals surface area (Å²) < 4.78 is 6.02. The quantitative estimate of drug-likeness (QED) is 0.363. The number of aromatic nitrogens is 1. The van der Waals surface area contributed by atoms with Gasteiger partial charge in [0, 0.05) is 41.3 Å². The zero-order valence-corrected chi connectivity index (χ0v) is 20.6. The maximum Gasteiger partial charge on any atom is 0.191 e. The summed E-state index contributed by atoms with van der Waals surface area (Å²) >= 11 is 1.70. The molecule has 5 nitrogen and oxygen atoms in total. The topological polar surface area (TPSA) is 58.5 Å². The van der Waals surface area contributed by atoms with E-state index in [-0.39, 0.29) is 34.8 Å². The van der Waals surface area contributed by atoms with E-state index in [1.165, 1.54) is 6.42 Å². The molecular weight excluding hydrogens is 471 g/mol. The van der Waals surface area contributed by atoms with Crippen molar-refractivity contribution in [1.82, 2.24) is 15.6 Å². The lowest BCUT2D eigenvalue weighted by Crippen LogP contribution is -2.71. The third-order valence-corrected chi connectivity index (χ3v) is 6.49. The molecule has 2 fully saturated rings. The molecule has 1 aromatic heterocycles. The van der Waals surface area contributed by atoms with E-state index in [1.807, 2.05) is 0 Å². The van der Waals surface area contributed by atoms with Crippen molar-refractivity contribution in [2.45, 2.75) is 78.5 Å². The molecule has 2 N–H and O–H groups in total. The predicted molar refractivity (Wildman–Crippen MR) is 124 cm³/mol. The van der Waals surface area contributed by atoms with Crippen LogP contribution in [-0.4, -0.2) is 36.2 Å². The molecule has 27 heavy (non-hydrogen) atoms. The Balaban J connectivity index is 0.00000261. The highest BCUT2D eigenvalue weighted by molar-refractivity contribution is 14.0. The molecule has 0 bridgehead atoms. The van der Waals surface area contributed by atoms with E-state index >= 15 is 0 Å². The van der Waals surface area contributed by atoms with Crippen molar-refractivity contribution < 1.29 is 4.74 Å². The van der Waals surface area contributed by atoms with Gasteiger partial charge >= 0.3 is 0 Å². The Labute approximate surface area is 185 Å². The highest BCUT2D eigenvalue weighted by atomic mass is 127. The summed E-state index contributed by atoms with van der Waals surface area (Å²) in [6, 6.07) is 0.409. The second-order valence-electron chi connectivity index (χ2n) is 9.11. The molecule has 2 heterocycles. The average molecular weight is 506 g/mol. The van der Waals surface area contributed by atoms with Crippen LogP contribution >= 0.6 is 35.3 Å². The summed E-state index contributed by atoms with van der Waals surface area (Å²) in [6.07, 6.45) is 2.79. The summed E-state index contributed by atoms with van der Waals surface area (Å²) in [5, 5.41) is 10.3. The lowest BCUT2D eigenvalue weighted by molar-refractivity contribution is -0.188. The number of aliphatic imine (C=N–C) groups is 1. The Bertz CT molecular complexity index is 653. The van der Waals surface area contributed by atoms with E-state index in [4.69, 9.17) is 14.7 Å². The van der Waals surface area contributed by atoms with Crippen molar-refractivity contribution in [3.63, 3.8) is 0 Å². The van der Waals surface area contributed by atoms with Crippen molar-refractivity contribution in [3.8, 4) is 0 Å². The Hall–Kier alpha value is -0.410. The fourth-order valence-corrected chi connectivity index (χ4v) is 5.10. The molecule has 0 spiro atoms. The molecule has 154 valence electrons. The van der Waals surface area contributed by atoms with Crippen molar-refractivity contribution in [3.05, 3.63) is 16.1 Å². The molecule has 1 saturated carbocycles. The summed E-state index contributed by atoms with van der Waals surface area (Å²) in [6.45, 7) is 15.7. The molecule has 0 radical (unpaired) electrons. The number of halogens is 1. The third kappa shape index (κ3) is 4.96. The number of hydrogen-bond donors (Lipinski definition) is 2. The highest BCUT2D eigenvalue weighted by Gasteiger charge is 2.58. The first-order chi connectivity index (χ1) is 12.2. The van der Waals surface area contributed by atoms with Gasteiger partial charge in [0.15, 0.2) is 5.96 Å². The zero-order valence-electron chi connectivity index (χ0n) is 17.5. The van der Waals surface area contributed by atoms with Gasteiger partial charge in [0.05, 0.1) is 18.3 Å². The van der Waals surface area contributed by atoms with E-state index in [2.05, 4.69) is 57.6 Å². The van der Waals surface area contributed by atoms with E-state index in [1.54, 1.807) is 11.3 Å². The molecule has 1 aliphatic carbocycles. The third-order valence-electron chi connectivity index (χ3n) is 5.66. The molecule has 2 aliphatic rings. The van der Waals surface area contributed by atoms with Crippen molar-refractivity contribution in [2.24, 2.45) is 16.3 Å². The van der Waals surface area contributed by atoms with Gasteiger partial charge in [-0.2, -0.15) is 0 Å². The highest BCUT2D eigenvalue weighted by Crippen LogP contribution is 2.51. The van der Waals surface area contributed by atoms with E-state index in [9.17, 15) is 0 Å². The molecule has 0 aromatic carbocycles. The number of thiazole rings is 1. The van der Waals surface area contributed by atoms with E-state index < -0.39 is 0 Å². The second-order valence-corrected chi connectivity index (χ2v) is 10.1. The van der Waals surface area contributed by atoms with Crippen LogP contribution in [0.4, 0.5) is 0 Å². The lowest BCUT2D eigenvalue weighted by Gasteiger charge is -2.60. The molecule has 1 aliphatic heterocycles. The van der Waals surface area contributed by atoms with Crippen LogP contribution in [0.1, 0.15) is 65.1 Å². The molecule has 0 amide bonds. The minimum atomic E-state index is 0. The van der Waals surface area contributed by atoms with Crippen LogP contribution in [0.3, 0.4) is 0 Å². The van der Waals surface area contributed by atoms with Crippen LogP contribution in [0.15, 0.2) is 10.4 Å². The monoisotopic (exact) mass is 506 g/mol. The van der Waals surface area contributed by atoms with Gasteiger partial charge in [-0.25, -0.2) is 9.98 Å². The number of nitrogens with one attached hydrogen (secondary N) is 2. The molecule has 3 unspecified atom stereocenters. The standard InChI is InChI=1S/C20H34N4OS.HI/c1-7-21-18(22-11-15-23-14(12-26-15)19(2,3)4)24-16-13-9-8-10-25-17(13)20(16,5)6;/h12-13,16-17H,7-11H2,1-6H3,(H2,21,22,24);1H. The molecule has 1 saturated heterocycles. The second kappa shape index (κ2) is 8.95. The smallest absolute Gasteiger partial charge is 0.191 e. The number of fused-ring (bicyclic) bond motifs is 1. The number of hydrogen-bond acceptors (Lipinski definition) is 4. The normalized spacial score (nSPS) is 27.2. The SMILES string of the molecule is CCNC(=NCc1nc(C(C)(C)C)cs1)NC1C2CCCOC2C1(C)C.I. The maximum absolute atomic E-state index is 6.02. The molecule has 1 aromatic rings. The fourth-order valence-electron chi connectivity index (χ4n) is 4.16. The first kappa shape index (κ1) is 22.9. The Morgan fingerprint density at radius 2 is 2.15 bits per heavy atom. The Kier molecular flexibility index (Phi) is 7.58. The fraction of sp³-hybridized carbons (Fsp3) is 0.800. The van der Waals surface area contributed by atoms with Crippen LogP contribution in [0.25, 0.3) is 0 Å². The van der Waals surface area contributed by atoms with Crippen molar-refractivity contribution >= 4 is 41.3 Å². The van der Waals surface area contributed by atoms with Gasteiger partial charge in [0.1, 0.15) is 5.01 Å². The van der Waals surface area contributed by atoms with E-state index in [0.29, 0.717) is 24.6 Å². The average Bonchev–Trinajstić information content (AvgIpc) is 3.06. The van der Waals surface area contributed by atoms with Crippen LogP contribution in [-0.2, 0) is 16.7 Å². The number of ether oxygens (including phenoxy) is 1. The first-order valence-electron chi connectivity index (χ1n) is 9.85. The van der Waals surface area contributed by atoms with Crippen LogP contribution in [0.5, 0.6) is 0 Å². The van der Waals surface area contributed by atoms with Gasteiger partial charge in [-0.1, -0.05) is 34.6 Å². The maximum atomic E-state index is 6.02. The van der Waals surface area contributed by atoms with Gasteiger partial charge in [-0.15, -0.1) is 35.3 Å². The minimum absolute atomic E-state index is 0. The summed E-state index contributed by atoms with van der Waals surface area (Å²) in [7, 11) is 0. The van der Waals surface area contributed by atoms with E-state index in [0.717, 1.165) is 36.2 Å². The van der Waals surface area contributed by atoms with Crippen molar-refractivity contribution in [1.29, 1.82) is 0 Å². The van der Waals surface area contributed by atoms with Crippen LogP contribution in [0.2, 0.25) is 0 Å². The van der Waals surface area contributed by atoms with Crippen LogP contribution < -0.4 is 10.6 Å². The zero-order chi connectivity index (χ0) is 18.9. The molecule has 3 rings (SSSR count). The first-order valence-corrected chi connectivity index (χ1v) is 10.7.